The molecule has 0 aromatic heterocycles. The van der Waals surface area contributed by atoms with Crippen LogP contribution in [0.3, 0.4) is 0 Å². The van der Waals surface area contributed by atoms with Crippen molar-refractivity contribution >= 4 is 11.8 Å². The molecule has 2 aliphatic rings. The minimum absolute atomic E-state index is 0.0109. The minimum atomic E-state index is -0.362. The van der Waals surface area contributed by atoms with Gasteiger partial charge in [0, 0.05) is 26.1 Å². The molecule has 0 saturated carbocycles. The first-order valence-corrected chi connectivity index (χ1v) is 7.81. The molecule has 2 heterocycles. The molecule has 20 heavy (non-hydrogen) atoms. The molecule has 0 spiro atoms. The lowest BCUT2D eigenvalue weighted by Gasteiger charge is -2.27. The molecule has 2 amide bonds. The Bertz CT molecular complexity index is 353. The first-order valence-electron chi connectivity index (χ1n) is 7.81. The number of hydrogen-bond donors (Lipinski definition) is 1. The average molecular weight is 282 g/mol. The van der Waals surface area contributed by atoms with E-state index in [0.717, 1.165) is 32.3 Å². The van der Waals surface area contributed by atoms with Gasteiger partial charge >= 0.3 is 0 Å². The molecule has 0 aromatic carbocycles. The third-order valence-electron chi connectivity index (χ3n) is 4.46. The summed E-state index contributed by atoms with van der Waals surface area (Å²) in [4.78, 5) is 26.2. The van der Waals surface area contributed by atoms with E-state index in [4.69, 9.17) is 4.74 Å². The van der Waals surface area contributed by atoms with Crippen LogP contribution in [-0.2, 0) is 14.3 Å². The Morgan fingerprint density at radius 1 is 1.45 bits per heavy atom. The van der Waals surface area contributed by atoms with Crippen molar-refractivity contribution in [2.24, 2.45) is 5.92 Å². The highest BCUT2D eigenvalue weighted by Gasteiger charge is 2.33. The highest BCUT2D eigenvalue weighted by Crippen LogP contribution is 2.18. The van der Waals surface area contributed by atoms with Crippen molar-refractivity contribution < 1.29 is 14.3 Å². The molecule has 0 aromatic rings. The van der Waals surface area contributed by atoms with Crippen LogP contribution in [0.25, 0.3) is 0 Å². The van der Waals surface area contributed by atoms with Crippen LogP contribution < -0.4 is 5.32 Å². The summed E-state index contributed by atoms with van der Waals surface area (Å²) in [6.07, 6.45) is 4.67. The van der Waals surface area contributed by atoms with Crippen molar-refractivity contribution in [1.82, 2.24) is 10.2 Å². The third kappa shape index (κ3) is 3.72. The SMILES string of the molecule is CCC(C)C1NC(=O)CCN(CCC2CCCO2)C1=O. The molecular weight excluding hydrogens is 256 g/mol. The Morgan fingerprint density at radius 3 is 2.90 bits per heavy atom. The highest BCUT2D eigenvalue weighted by molar-refractivity contribution is 5.90. The van der Waals surface area contributed by atoms with Gasteiger partial charge in [-0.1, -0.05) is 20.3 Å². The maximum Gasteiger partial charge on any atom is 0.245 e. The van der Waals surface area contributed by atoms with Crippen molar-refractivity contribution in [1.29, 1.82) is 0 Å². The van der Waals surface area contributed by atoms with E-state index in [1.165, 1.54) is 0 Å². The number of carbonyl (C=O) groups excluding carboxylic acids is 2. The van der Waals surface area contributed by atoms with Gasteiger partial charge in [-0.05, 0) is 25.2 Å². The number of amides is 2. The lowest BCUT2D eigenvalue weighted by Crippen LogP contribution is -2.48. The molecule has 2 saturated heterocycles. The average Bonchev–Trinajstić information content (AvgIpc) is 2.91. The van der Waals surface area contributed by atoms with Crippen LogP contribution in [0.5, 0.6) is 0 Å². The molecule has 5 nitrogen and oxygen atoms in total. The van der Waals surface area contributed by atoms with Gasteiger partial charge in [0.15, 0.2) is 0 Å². The smallest absolute Gasteiger partial charge is 0.245 e. The van der Waals surface area contributed by atoms with Crippen molar-refractivity contribution in [3.8, 4) is 0 Å². The van der Waals surface area contributed by atoms with Gasteiger partial charge in [-0.2, -0.15) is 0 Å². The monoisotopic (exact) mass is 282 g/mol. The quantitative estimate of drug-likeness (QED) is 0.827. The molecule has 1 N–H and O–H groups in total. The van der Waals surface area contributed by atoms with Gasteiger partial charge in [-0.15, -0.1) is 0 Å². The highest BCUT2D eigenvalue weighted by atomic mass is 16.5. The summed E-state index contributed by atoms with van der Waals surface area (Å²) < 4.78 is 5.61. The summed E-state index contributed by atoms with van der Waals surface area (Å²) >= 11 is 0. The maximum absolute atomic E-state index is 12.6. The molecule has 2 aliphatic heterocycles. The minimum Gasteiger partial charge on any atom is -0.378 e. The summed E-state index contributed by atoms with van der Waals surface area (Å²) in [6, 6.07) is -0.362. The fourth-order valence-electron chi connectivity index (χ4n) is 2.87. The molecule has 0 bridgehead atoms. The number of carbonyl (C=O) groups is 2. The topological polar surface area (TPSA) is 58.6 Å². The summed E-state index contributed by atoms with van der Waals surface area (Å²) in [5.41, 5.74) is 0. The molecule has 0 aliphatic carbocycles. The number of nitrogens with one attached hydrogen (secondary N) is 1. The van der Waals surface area contributed by atoms with Crippen LogP contribution in [0.1, 0.15) is 46.0 Å². The van der Waals surface area contributed by atoms with E-state index in [2.05, 4.69) is 5.32 Å². The number of hydrogen-bond acceptors (Lipinski definition) is 3. The molecular formula is C15H26N2O3. The van der Waals surface area contributed by atoms with E-state index < -0.39 is 0 Å². The van der Waals surface area contributed by atoms with Gasteiger partial charge in [0.1, 0.15) is 6.04 Å². The van der Waals surface area contributed by atoms with E-state index in [1.54, 1.807) is 0 Å². The van der Waals surface area contributed by atoms with Crippen LogP contribution in [0.15, 0.2) is 0 Å². The third-order valence-corrected chi connectivity index (χ3v) is 4.46. The van der Waals surface area contributed by atoms with Crippen LogP contribution in [0.4, 0.5) is 0 Å². The Labute approximate surface area is 121 Å². The van der Waals surface area contributed by atoms with Crippen LogP contribution in [0.2, 0.25) is 0 Å². The zero-order valence-electron chi connectivity index (χ0n) is 12.6. The fraction of sp³-hybridized carbons (Fsp3) is 0.867. The molecule has 3 unspecified atom stereocenters. The predicted octanol–water partition coefficient (Wildman–Crippen LogP) is 1.32. The van der Waals surface area contributed by atoms with Gasteiger partial charge in [-0.25, -0.2) is 0 Å². The molecule has 0 radical (unpaired) electrons. The predicted molar refractivity (Wildman–Crippen MR) is 76.2 cm³/mol. The lowest BCUT2D eigenvalue weighted by molar-refractivity contribution is -0.135. The van der Waals surface area contributed by atoms with Crippen molar-refractivity contribution in [3.63, 3.8) is 0 Å². The van der Waals surface area contributed by atoms with Gasteiger partial charge in [0.25, 0.3) is 0 Å². The Hall–Kier alpha value is -1.10. The van der Waals surface area contributed by atoms with E-state index in [9.17, 15) is 9.59 Å². The number of rotatable bonds is 5. The van der Waals surface area contributed by atoms with Crippen molar-refractivity contribution in [3.05, 3.63) is 0 Å². The van der Waals surface area contributed by atoms with E-state index in [0.29, 0.717) is 19.5 Å². The lowest BCUT2D eigenvalue weighted by atomic mass is 9.98. The van der Waals surface area contributed by atoms with Crippen molar-refractivity contribution in [2.75, 3.05) is 19.7 Å². The van der Waals surface area contributed by atoms with Gasteiger partial charge in [0.2, 0.25) is 11.8 Å². The standard InChI is InChI=1S/C15H26N2O3/c1-3-11(2)14-15(19)17(9-7-13(18)16-14)8-6-12-5-4-10-20-12/h11-12,14H,3-10H2,1-2H3,(H,16,18). The largest absolute Gasteiger partial charge is 0.378 e. The molecule has 114 valence electrons. The maximum atomic E-state index is 12.6. The first kappa shape index (κ1) is 15.3. The fourth-order valence-corrected chi connectivity index (χ4v) is 2.87. The second-order valence-electron chi connectivity index (χ2n) is 5.93. The number of nitrogens with zero attached hydrogens (tertiary/aromatic N) is 1. The van der Waals surface area contributed by atoms with Gasteiger partial charge < -0.3 is 15.0 Å². The summed E-state index contributed by atoms with van der Waals surface area (Å²) in [5.74, 6) is 0.237. The van der Waals surface area contributed by atoms with Crippen molar-refractivity contribution in [2.45, 2.75) is 58.1 Å². The first-order chi connectivity index (χ1) is 9.61. The Morgan fingerprint density at radius 2 is 2.25 bits per heavy atom. The second-order valence-corrected chi connectivity index (χ2v) is 5.93. The van der Waals surface area contributed by atoms with Crippen LogP contribution >= 0.6 is 0 Å². The zero-order chi connectivity index (χ0) is 14.5. The molecule has 5 heteroatoms. The van der Waals surface area contributed by atoms with E-state index >= 15 is 0 Å². The van der Waals surface area contributed by atoms with Gasteiger partial charge in [-0.3, -0.25) is 9.59 Å². The normalized spacial score (nSPS) is 29.2. The number of ether oxygens (including phenoxy) is 1. The zero-order valence-corrected chi connectivity index (χ0v) is 12.6. The van der Waals surface area contributed by atoms with E-state index in [-0.39, 0.29) is 29.9 Å². The summed E-state index contributed by atoms with van der Waals surface area (Å²) in [6.45, 7) is 6.14. The van der Waals surface area contributed by atoms with Crippen LogP contribution in [-0.4, -0.2) is 48.6 Å². The Kier molecular flexibility index (Phi) is 5.40. The second kappa shape index (κ2) is 7.07. The van der Waals surface area contributed by atoms with E-state index in [1.807, 2.05) is 18.7 Å². The molecule has 2 rings (SSSR count). The summed E-state index contributed by atoms with van der Waals surface area (Å²) in [5, 5.41) is 2.88. The van der Waals surface area contributed by atoms with Crippen LogP contribution in [0, 0.1) is 5.92 Å². The summed E-state index contributed by atoms with van der Waals surface area (Å²) in [7, 11) is 0. The molecule has 3 atom stereocenters. The molecule has 2 fully saturated rings. The Balaban J connectivity index is 1.95. The van der Waals surface area contributed by atoms with Gasteiger partial charge in [0.05, 0.1) is 6.10 Å².